The highest BCUT2D eigenvalue weighted by atomic mass is 16.5. The zero-order valence-corrected chi connectivity index (χ0v) is 13.9. The number of methoxy groups -OCH3 is 1. The minimum absolute atomic E-state index is 0.0139. The van der Waals surface area contributed by atoms with Crippen molar-refractivity contribution in [3.05, 3.63) is 11.6 Å². The van der Waals surface area contributed by atoms with E-state index in [0.29, 0.717) is 0 Å². The molecule has 0 radical (unpaired) electrons. The lowest BCUT2D eigenvalue weighted by Gasteiger charge is -2.57. The molecule has 4 bridgehead atoms. The molecule has 0 aromatic carbocycles. The maximum atomic E-state index is 12.3. The quantitative estimate of drug-likeness (QED) is 0.593. The predicted octanol–water partition coefficient (Wildman–Crippen LogP) is 2.78. The molecule has 4 aliphatic rings. The molecule has 0 aromatic rings. The van der Waals surface area contributed by atoms with Crippen LogP contribution in [0.3, 0.4) is 0 Å². The number of carbonyl (C=O) groups excluding carboxylic acids is 2. The van der Waals surface area contributed by atoms with E-state index in [1.165, 1.54) is 56.1 Å². The van der Waals surface area contributed by atoms with Crippen LogP contribution in [0.1, 0.15) is 45.4 Å². The summed E-state index contributed by atoms with van der Waals surface area (Å²) in [6.45, 7) is 2.14. The molecule has 0 unspecified atom stereocenters. The van der Waals surface area contributed by atoms with Crippen LogP contribution in [0.4, 0.5) is 0 Å². The van der Waals surface area contributed by atoms with Crippen LogP contribution in [-0.4, -0.2) is 37.5 Å². The molecule has 0 aromatic heterocycles. The van der Waals surface area contributed by atoms with E-state index in [4.69, 9.17) is 0 Å². The molecule has 122 valence electrons. The highest BCUT2D eigenvalue weighted by Crippen LogP contribution is 2.62. The highest BCUT2D eigenvalue weighted by molar-refractivity contribution is 5.90. The van der Waals surface area contributed by atoms with Crippen molar-refractivity contribution in [2.24, 2.45) is 23.2 Å². The average Bonchev–Trinajstić information content (AvgIpc) is 2.45. The van der Waals surface area contributed by atoms with Gasteiger partial charge in [-0.25, -0.2) is 0 Å². The second-order valence-electron chi connectivity index (χ2n) is 7.80. The lowest BCUT2D eigenvalue weighted by molar-refractivity contribution is -0.144. The predicted molar refractivity (Wildman–Crippen MR) is 84.0 cm³/mol. The van der Waals surface area contributed by atoms with Crippen LogP contribution in [0, 0.1) is 23.2 Å². The molecule has 0 saturated heterocycles. The zero-order valence-electron chi connectivity index (χ0n) is 13.9. The van der Waals surface area contributed by atoms with E-state index in [1.807, 2.05) is 0 Å². The van der Waals surface area contributed by atoms with Gasteiger partial charge in [0.2, 0.25) is 5.91 Å². The van der Waals surface area contributed by atoms with Crippen molar-refractivity contribution in [1.82, 2.24) is 4.90 Å². The Morgan fingerprint density at radius 1 is 1.14 bits per heavy atom. The topological polar surface area (TPSA) is 46.6 Å². The van der Waals surface area contributed by atoms with Gasteiger partial charge in [0.05, 0.1) is 7.11 Å². The molecule has 4 aliphatic carbocycles. The molecule has 0 aliphatic heterocycles. The third kappa shape index (κ3) is 2.80. The Balaban J connectivity index is 1.71. The maximum absolute atomic E-state index is 12.3. The van der Waals surface area contributed by atoms with Crippen LogP contribution in [0.5, 0.6) is 0 Å². The highest BCUT2D eigenvalue weighted by Gasteiger charge is 2.51. The fraction of sp³-hybridized carbons (Fsp3) is 0.778. The molecule has 1 amide bonds. The lowest BCUT2D eigenvalue weighted by atomic mass is 9.48. The number of allylic oxidation sites excluding steroid dienone is 1. The first-order valence-corrected chi connectivity index (χ1v) is 8.42. The van der Waals surface area contributed by atoms with Crippen molar-refractivity contribution >= 4 is 11.9 Å². The number of ether oxygens (including phenoxy) is 1. The summed E-state index contributed by atoms with van der Waals surface area (Å²) in [5.74, 6) is 2.16. The number of likely N-dealkylation sites (N-methyl/N-ethyl adjacent to an activating group) is 1. The standard InChI is InChI=1S/C18H27NO3/c1-12(4-16(20)19(2)11-17(21)22-3)18-8-13-5-14(9-18)7-15(6-13)10-18/h4,13-15H,5-11H2,1-3H3/b12-4-. The number of hydrogen-bond donors (Lipinski definition) is 0. The van der Waals surface area contributed by atoms with Crippen LogP contribution in [0.15, 0.2) is 11.6 Å². The average molecular weight is 305 g/mol. The van der Waals surface area contributed by atoms with Gasteiger partial charge < -0.3 is 9.64 Å². The van der Waals surface area contributed by atoms with Crippen molar-refractivity contribution in [2.45, 2.75) is 45.4 Å². The smallest absolute Gasteiger partial charge is 0.325 e. The first-order valence-electron chi connectivity index (χ1n) is 8.42. The molecule has 4 heteroatoms. The van der Waals surface area contributed by atoms with Gasteiger partial charge in [-0.15, -0.1) is 0 Å². The Hall–Kier alpha value is -1.32. The fourth-order valence-corrected chi connectivity index (χ4v) is 5.38. The van der Waals surface area contributed by atoms with Gasteiger partial charge in [-0.2, -0.15) is 0 Å². The molecule has 22 heavy (non-hydrogen) atoms. The lowest BCUT2D eigenvalue weighted by Crippen LogP contribution is -2.46. The Morgan fingerprint density at radius 3 is 2.09 bits per heavy atom. The Kier molecular flexibility index (Phi) is 4.04. The van der Waals surface area contributed by atoms with Crippen LogP contribution < -0.4 is 0 Å². The summed E-state index contributed by atoms with van der Waals surface area (Å²) in [5.41, 5.74) is 1.49. The first kappa shape index (κ1) is 15.6. The molecular weight excluding hydrogens is 278 g/mol. The van der Waals surface area contributed by atoms with Gasteiger partial charge in [0.1, 0.15) is 6.54 Å². The van der Waals surface area contributed by atoms with Gasteiger partial charge in [-0.05, 0) is 68.6 Å². The van der Waals surface area contributed by atoms with Crippen LogP contribution in [-0.2, 0) is 14.3 Å². The minimum atomic E-state index is -0.378. The van der Waals surface area contributed by atoms with E-state index in [0.717, 1.165) is 17.8 Å². The van der Waals surface area contributed by atoms with Crippen LogP contribution in [0.2, 0.25) is 0 Å². The van der Waals surface area contributed by atoms with E-state index in [-0.39, 0.29) is 23.8 Å². The van der Waals surface area contributed by atoms with E-state index in [9.17, 15) is 9.59 Å². The normalized spacial score (nSPS) is 36.3. The van der Waals surface area contributed by atoms with Crippen molar-refractivity contribution in [2.75, 3.05) is 20.7 Å². The number of rotatable bonds is 4. The first-order chi connectivity index (χ1) is 10.4. The van der Waals surface area contributed by atoms with Gasteiger partial charge in [0, 0.05) is 13.1 Å². The summed E-state index contributed by atoms with van der Waals surface area (Å²) in [6.07, 6.45) is 9.77. The maximum Gasteiger partial charge on any atom is 0.325 e. The molecule has 0 heterocycles. The monoisotopic (exact) mass is 305 g/mol. The molecule has 0 N–H and O–H groups in total. The Bertz CT molecular complexity index is 473. The summed E-state index contributed by atoms with van der Waals surface area (Å²) in [5, 5.41) is 0. The number of carbonyl (C=O) groups is 2. The molecule has 4 rings (SSSR count). The van der Waals surface area contributed by atoms with Crippen molar-refractivity contribution in [3.63, 3.8) is 0 Å². The van der Waals surface area contributed by atoms with Crippen LogP contribution in [0.25, 0.3) is 0 Å². The number of nitrogens with zero attached hydrogens (tertiary/aromatic N) is 1. The summed E-state index contributed by atoms with van der Waals surface area (Å²) >= 11 is 0. The molecule has 4 saturated carbocycles. The van der Waals surface area contributed by atoms with E-state index in [1.54, 1.807) is 13.1 Å². The molecular formula is C18H27NO3. The second-order valence-corrected chi connectivity index (χ2v) is 7.80. The number of esters is 1. The summed E-state index contributed by atoms with van der Waals surface area (Å²) < 4.78 is 4.62. The van der Waals surface area contributed by atoms with Gasteiger partial charge in [-0.3, -0.25) is 9.59 Å². The van der Waals surface area contributed by atoms with Gasteiger partial charge in [0.25, 0.3) is 0 Å². The van der Waals surface area contributed by atoms with E-state index in [2.05, 4.69) is 11.7 Å². The van der Waals surface area contributed by atoms with Crippen molar-refractivity contribution < 1.29 is 14.3 Å². The second kappa shape index (κ2) is 5.71. The number of hydrogen-bond acceptors (Lipinski definition) is 3. The molecule has 0 atom stereocenters. The molecule has 0 spiro atoms. The molecule has 4 nitrogen and oxygen atoms in total. The van der Waals surface area contributed by atoms with E-state index < -0.39 is 0 Å². The van der Waals surface area contributed by atoms with Gasteiger partial charge >= 0.3 is 5.97 Å². The van der Waals surface area contributed by atoms with Gasteiger partial charge in [-0.1, -0.05) is 5.57 Å². The van der Waals surface area contributed by atoms with Crippen molar-refractivity contribution in [1.29, 1.82) is 0 Å². The van der Waals surface area contributed by atoms with E-state index >= 15 is 0 Å². The SMILES string of the molecule is COC(=O)CN(C)C(=O)/C=C(/C)C12CC3CC(CC(C3)C1)C2. The summed E-state index contributed by atoms with van der Waals surface area (Å²) in [6, 6.07) is 0. The zero-order chi connectivity index (χ0) is 15.9. The molecule has 4 fully saturated rings. The third-order valence-electron chi connectivity index (χ3n) is 6.18. The minimum Gasteiger partial charge on any atom is -0.468 e. The van der Waals surface area contributed by atoms with Gasteiger partial charge in [0.15, 0.2) is 0 Å². The summed E-state index contributed by atoms with van der Waals surface area (Å²) in [4.78, 5) is 25.1. The summed E-state index contributed by atoms with van der Waals surface area (Å²) in [7, 11) is 3.00. The fourth-order valence-electron chi connectivity index (χ4n) is 5.38. The Labute approximate surface area is 132 Å². The largest absolute Gasteiger partial charge is 0.468 e. The third-order valence-corrected chi connectivity index (χ3v) is 6.18. The van der Waals surface area contributed by atoms with Crippen LogP contribution >= 0.6 is 0 Å². The number of amides is 1. The Morgan fingerprint density at radius 2 is 1.64 bits per heavy atom. The van der Waals surface area contributed by atoms with Crippen molar-refractivity contribution in [3.8, 4) is 0 Å².